The van der Waals surface area contributed by atoms with Gasteiger partial charge >= 0.3 is 0 Å². The molecule has 5 heteroatoms. The normalized spacial score (nSPS) is 29.6. The number of rotatable bonds is 4. The van der Waals surface area contributed by atoms with Crippen LogP contribution in [-0.2, 0) is 11.8 Å². The molecule has 1 aliphatic heterocycles. The predicted molar refractivity (Wildman–Crippen MR) is 124 cm³/mol. The maximum atomic E-state index is 11.1. The van der Waals surface area contributed by atoms with Crippen LogP contribution in [0, 0.1) is 5.41 Å². The fourth-order valence-corrected chi connectivity index (χ4v) is 6.91. The maximum Gasteiger partial charge on any atom is 0.145 e. The molecule has 3 atom stereocenters. The zero-order chi connectivity index (χ0) is 21.8. The number of nitrogens with one attached hydrogen (secondary N) is 1. The highest BCUT2D eigenvalue weighted by Crippen LogP contribution is 2.63. The van der Waals surface area contributed by atoms with Crippen LogP contribution in [0.25, 0.3) is 0 Å². The van der Waals surface area contributed by atoms with Crippen molar-refractivity contribution in [1.82, 2.24) is 4.90 Å². The molecule has 0 aromatic heterocycles. The van der Waals surface area contributed by atoms with Gasteiger partial charge in [0.25, 0.3) is 0 Å². The van der Waals surface area contributed by atoms with E-state index in [1.54, 1.807) is 14.2 Å². The first-order valence-corrected chi connectivity index (χ1v) is 11.5. The van der Waals surface area contributed by atoms with Gasteiger partial charge in [-0.15, -0.1) is 0 Å². The van der Waals surface area contributed by atoms with Gasteiger partial charge in [0.05, 0.1) is 25.6 Å². The summed E-state index contributed by atoms with van der Waals surface area (Å²) in [6.07, 6.45) is 7.35. The zero-order valence-corrected chi connectivity index (χ0v) is 19.1. The Morgan fingerprint density at radius 3 is 2.61 bits per heavy atom. The molecule has 0 spiro atoms. The predicted octanol–water partition coefficient (Wildman–Crippen LogP) is 5.23. The molecule has 1 saturated carbocycles. The molecule has 0 unspecified atom stereocenters. The summed E-state index contributed by atoms with van der Waals surface area (Å²) in [5.74, 6) is 1.74. The van der Waals surface area contributed by atoms with Crippen LogP contribution in [0.2, 0.25) is 0 Å². The number of phenolic OH excluding ortho intramolecular Hbond substituents is 1. The summed E-state index contributed by atoms with van der Waals surface area (Å²) in [5.41, 5.74) is 4.79. The third-order valence-corrected chi connectivity index (χ3v) is 8.63. The van der Waals surface area contributed by atoms with Gasteiger partial charge in [0.2, 0.25) is 0 Å². The number of anilines is 2. The lowest BCUT2D eigenvalue weighted by Gasteiger charge is -2.65. The fraction of sp³-hybridized carbons (Fsp3) is 0.538. The van der Waals surface area contributed by atoms with Gasteiger partial charge in [0, 0.05) is 17.5 Å². The second-order valence-electron chi connectivity index (χ2n) is 9.87. The lowest BCUT2D eigenvalue weighted by Crippen LogP contribution is -2.66. The van der Waals surface area contributed by atoms with Crippen molar-refractivity contribution >= 4 is 11.4 Å². The maximum absolute atomic E-state index is 11.1. The van der Waals surface area contributed by atoms with Crippen molar-refractivity contribution in [2.45, 2.75) is 56.9 Å². The SMILES string of the molecule is COc1ccc(Nc2cc3c(cc2O)[C@]24CCCC[C@]2(C)[C@H](C3)N(C)CC4)c(OC)c1. The Balaban J connectivity index is 1.57. The third-order valence-electron chi connectivity index (χ3n) is 8.63. The quantitative estimate of drug-likeness (QED) is 0.661. The number of likely N-dealkylation sites (tertiary alicyclic amines) is 1. The number of aromatic hydroxyl groups is 1. The fourth-order valence-electron chi connectivity index (χ4n) is 6.91. The van der Waals surface area contributed by atoms with E-state index in [2.05, 4.69) is 36.3 Å². The molecule has 166 valence electrons. The monoisotopic (exact) mass is 422 g/mol. The summed E-state index contributed by atoms with van der Waals surface area (Å²) in [6, 6.07) is 10.5. The van der Waals surface area contributed by atoms with Gasteiger partial charge in [-0.2, -0.15) is 0 Å². The van der Waals surface area contributed by atoms with Gasteiger partial charge in [-0.25, -0.2) is 0 Å². The average molecular weight is 423 g/mol. The van der Waals surface area contributed by atoms with E-state index >= 15 is 0 Å². The van der Waals surface area contributed by atoms with Crippen molar-refractivity contribution < 1.29 is 14.6 Å². The van der Waals surface area contributed by atoms with Gasteiger partial charge < -0.3 is 24.8 Å². The van der Waals surface area contributed by atoms with Gasteiger partial charge in [-0.3, -0.25) is 0 Å². The highest BCUT2D eigenvalue weighted by molar-refractivity contribution is 5.73. The zero-order valence-electron chi connectivity index (χ0n) is 19.1. The van der Waals surface area contributed by atoms with E-state index in [0.717, 1.165) is 30.1 Å². The van der Waals surface area contributed by atoms with E-state index in [4.69, 9.17) is 9.47 Å². The summed E-state index contributed by atoms with van der Waals surface area (Å²) in [7, 11) is 5.58. The molecule has 31 heavy (non-hydrogen) atoms. The van der Waals surface area contributed by atoms with E-state index in [1.807, 2.05) is 18.2 Å². The van der Waals surface area contributed by atoms with Crippen molar-refractivity contribution in [2.75, 3.05) is 33.1 Å². The minimum atomic E-state index is 0.184. The summed E-state index contributed by atoms with van der Waals surface area (Å²) < 4.78 is 10.8. The van der Waals surface area contributed by atoms with Crippen LogP contribution in [0.3, 0.4) is 0 Å². The molecule has 2 aliphatic carbocycles. The van der Waals surface area contributed by atoms with E-state index < -0.39 is 0 Å². The molecule has 0 amide bonds. The molecule has 5 nitrogen and oxygen atoms in total. The number of hydrogen-bond donors (Lipinski definition) is 2. The van der Waals surface area contributed by atoms with Crippen LogP contribution in [0.15, 0.2) is 30.3 Å². The first kappa shape index (κ1) is 20.5. The van der Waals surface area contributed by atoms with Crippen molar-refractivity contribution in [3.63, 3.8) is 0 Å². The highest BCUT2D eigenvalue weighted by atomic mass is 16.5. The first-order chi connectivity index (χ1) is 14.9. The molecule has 2 aromatic carbocycles. The second-order valence-corrected chi connectivity index (χ2v) is 9.87. The summed E-state index contributed by atoms with van der Waals surface area (Å²) in [4.78, 5) is 2.58. The molecule has 0 radical (unpaired) electrons. The van der Waals surface area contributed by atoms with Crippen LogP contribution in [0.5, 0.6) is 17.2 Å². The first-order valence-electron chi connectivity index (χ1n) is 11.5. The standard InChI is InChI=1S/C26H34N2O3/c1-25-9-5-6-10-26(25)11-12-28(2)24(25)14-17-13-21(22(29)16-19(17)26)27-20-8-7-18(30-3)15-23(20)31-4/h7-8,13,15-16,24,27,29H,5-6,9-12,14H2,1-4H3/t24-,25+,26+/m0/s1. The van der Waals surface area contributed by atoms with Crippen molar-refractivity contribution in [2.24, 2.45) is 5.41 Å². The molecule has 2 aromatic rings. The number of nitrogens with zero attached hydrogens (tertiary/aromatic N) is 1. The Morgan fingerprint density at radius 2 is 1.84 bits per heavy atom. The molecule has 1 saturated heterocycles. The number of piperidine rings is 1. The van der Waals surface area contributed by atoms with E-state index in [0.29, 0.717) is 17.5 Å². The lowest BCUT2D eigenvalue weighted by atomic mass is 9.45. The van der Waals surface area contributed by atoms with Crippen LogP contribution in [0.1, 0.15) is 50.2 Å². The van der Waals surface area contributed by atoms with E-state index in [9.17, 15) is 5.11 Å². The molecule has 2 bridgehead atoms. The van der Waals surface area contributed by atoms with Crippen molar-refractivity contribution in [1.29, 1.82) is 0 Å². The highest BCUT2D eigenvalue weighted by Gasteiger charge is 2.60. The molecule has 3 aliphatic rings. The van der Waals surface area contributed by atoms with Gasteiger partial charge in [0.1, 0.15) is 17.2 Å². The van der Waals surface area contributed by atoms with Crippen LogP contribution >= 0.6 is 0 Å². The number of likely N-dealkylation sites (N-methyl/N-ethyl adjacent to an activating group) is 1. The van der Waals surface area contributed by atoms with Crippen LogP contribution in [0.4, 0.5) is 11.4 Å². The molecular formula is C26H34N2O3. The Kier molecular flexibility index (Phi) is 4.85. The molecule has 1 heterocycles. The van der Waals surface area contributed by atoms with Gasteiger partial charge in [-0.1, -0.05) is 19.8 Å². The Hall–Kier alpha value is -2.40. The summed E-state index contributed by atoms with van der Waals surface area (Å²) in [6.45, 7) is 3.66. The number of hydrogen-bond acceptors (Lipinski definition) is 5. The van der Waals surface area contributed by atoms with Crippen LogP contribution in [-0.4, -0.2) is 43.9 Å². The third kappa shape index (κ3) is 2.93. The van der Waals surface area contributed by atoms with Gasteiger partial charge in [0.15, 0.2) is 0 Å². The average Bonchev–Trinajstić information content (AvgIpc) is 2.77. The summed E-state index contributed by atoms with van der Waals surface area (Å²) in [5, 5.41) is 14.5. The van der Waals surface area contributed by atoms with E-state index in [-0.39, 0.29) is 10.8 Å². The minimum absolute atomic E-state index is 0.184. The number of benzene rings is 2. The van der Waals surface area contributed by atoms with Gasteiger partial charge in [-0.05, 0) is 80.1 Å². The molecular weight excluding hydrogens is 388 g/mol. The van der Waals surface area contributed by atoms with Crippen LogP contribution < -0.4 is 14.8 Å². The Morgan fingerprint density at radius 1 is 1.03 bits per heavy atom. The lowest BCUT2D eigenvalue weighted by molar-refractivity contribution is -0.0735. The van der Waals surface area contributed by atoms with E-state index in [1.165, 1.54) is 43.2 Å². The van der Waals surface area contributed by atoms with Crippen molar-refractivity contribution in [3.8, 4) is 17.2 Å². The second kappa shape index (κ2) is 7.33. The molecule has 2 N–H and O–H groups in total. The topological polar surface area (TPSA) is 54.0 Å². The summed E-state index contributed by atoms with van der Waals surface area (Å²) >= 11 is 0. The largest absolute Gasteiger partial charge is 0.506 e. The van der Waals surface area contributed by atoms with Crippen molar-refractivity contribution in [3.05, 3.63) is 41.5 Å². The number of ether oxygens (including phenoxy) is 2. The molecule has 5 rings (SSSR count). The smallest absolute Gasteiger partial charge is 0.145 e. The number of methoxy groups -OCH3 is 2. The number of phenols is 1. The minimum Gasteiger partial charge on any atom is -0.506 e. The Labute approximate surface area is 185 Å². The number of fused-ring (bicyclic) bond motifs is 1. The molecule has 2 fully saturated rings. The Bertz CT molecular complexity index is 1010.